The van der Waals surface area contributed by atoms with Crippen molar-refractivity contribution in [2.24, 2.45) is 0 Å². The molecule has 0 saturated carbocycles. The van der Waals surface area contributed by atoms with E-state index in [2.05, 4.69) is 49.9 Å². The second kappa shape index (κ2) is 9.87. The maximum Gasteiger partial charge on any atom is 0.222 e. The minimum atomic E-state index is 0.197. The average Bonchev–Trinajstić information content (AvgIpc) is 2.72. The number of piperazine rings is 1. The number of ether oxygens (including phenoxy) is 1. The van der Waals surface area contributed by atoms with Crippen molar-refractivity contribution >= 4 is 27.7 Å². The molecule has 1 aliphatic heterocycles. The Hall–Kier alpha value is -2.15. The lowest BCUT2D eigenvalue weighted by Crippen LogP contribution is -2.49. The van der Waals surface area contributed by atoms with Crippen molar-refractivity contribution in [3.05, 3.63) is 46.3 Å². The number of halogens is 1. The first-order chi connectivity index (χ1) is 13.6. The quantitative estimate of drug-likeness (QED) is 0.607. The molecule has 1 fully saturated rings. The molecule has 28 heavy (non-hydrogen) atoms. The topological polar surface area (TPSA) is 58.6 Å². The molecule has 150 valence electrons. The number of anilines is 1. The minimum absolute atomic E-state index is 0.197. The van der Waals surface area contributed by atoms with Gasteiger partial charge in [-0.15, -0.1) is 0 Å². The molecule has 1 aliphatic rings. The summed E-state index contributed by atoms with van der Waals surface area (Å²) < 4.78 is 6.79. The highest BCUT2D eigenvalue weighted by atomic mass is 79.9. The average molecular weight is 447 g/mol. The molecule has 7 heteroatoms. The summed E-state index contributed by atoms with van der Waals surface area (Å²) in [5.41, 5.74) is 2.23. The van der Waals surface area contributed by atoms with Crippen LogP contribution >= 0.6 is 15.9 Å². The highest BCUT2D eigenvalue weighted by Crippen LogP contribution is 2.26. The molecule has 2 heterocycles. The Morgan fingerprint density at radius 1 is 1.18 bits per heavy atom. The predicted octanol–water partition coefficient (Wildman–Crippen LogP) is 3.62. The minimum Gasteiger partial charge on any atom is -0.492 e. The lowest BCUT2D eigenvalue weighted by atomic mass is 10.2. The van der Waals surface area contributed by atoms with E-state index in [0.717, 1.165) is 54.3 Å². The smallest absolute Gasteiger partial charge is 0.222 e. The maximum atomic E-state index is 12.5. The van der Waals surface area contributed by atoms with Crippen LogP contribution in [0.1, 0.15) is 31.0 Å². The van der Waals surface area contributed by atoms with Crippen LogP contribution in [0.15, 0.2) is 35.1 Å². The van der Waals surface area contributed by atoms with E-state index >= 15 is 0 Å². The number of hydrogen-bond donors (Lipinski definition) is 0. The molecule has 1 aromatic carbocycles. The maximum absolute atomic E-state index is 12.5. The molecule has 2 aromatic rings. The van der Waals surface area contributed by atoms with E-state index in [4.69, 9.17) is 4.74 Å². The van der Waals surface area contributed by atoms with Crippen molar-refractivity contribution in [3.8, 4) is 5.75 Å². The standard InChI is InChI=1S/C21H27BrN4O2/c1-3-17-6-7-19(18(22)14-17)28-12-4-5-21(27)26-10-8-25(9-11-26)20-13-16(2)23-15-24-20/h6-7,13-15H,3-5,8-12H2,1-2H3. The molecule has 6 nitrogen and oxygen atoms in total. The molecule has 0 atom stereocenters. The Morgan fingerprint density at radius 2 is 1.96 bits per heavy atom. The molecule has 3 rings (SSSR count). The van der Waals surface area contributed by atoms with E-state index in [9.17, 15) is 4.79 Å². The van der Waals surface area contributed by atoms with Gasteiger partial charge < -0.3 is 14.5 Å². The van der Waals surface area contributed by atoms with Gasteiger partial charge in [0.15, 0.2) is 0 Å². The van der Waals surface area contributed by atoms with E-state index in [-0.39, 0.29) is 5.91 Å². The van der Waals surface area contributed by atoms with Crippen LogP contribution in [0.2, 0.25) is 0 Å². The molecule has 1 amide bonds. The van der Waals surface area contributed by atoms with Crippen molar-refractivity contribution in [1.82, 2.24) is 14.9 Å². The molecule has 0 N–H and O–H groups in total. The van der Waals surface area contributed by atoms with Crippen LogP contribution in [0.25, 0.3) is 0 Å². The number of amides is 1. The molecule has 0 aliphatic carbocycles. The fourth-order valence-electron chi connectivity index (χ4n) is 3.24. The molecule has 0 radical (unpaired) electrons. The fraction of sp³-hybridized carbons (Fsp3) is 0.476. The van der Waals surface area contributed by atoms with Crippen LogP contribution in [0.5, 0.6) is 5.75 Å². The summed E-state index contributed by atoms with van der Waals surface area (Å²) in [6.45, 7) is 7.69. The third kappa shape index (κ3) is 5.44. The van der Waals surface area contributed by atoms with Gasteiger partial charge in [-0.25, -0.2) is 9.97 Å². The van der Waals surface area contributed by atoms with Gasteiger partial charge in [0.1, 0.15) is 17.9 Å². The number of rotatable bonds is 7. The van der Waals surface area contributed by atoms with E-state index in [1.54, 1.807) is 6.33 Å². The zero-order valence-electron chi connectivity index (χ0n) is 16.5. The zero-order valence-corrected chi connectivity index (χ0v) is 18.1. The second-order valence-electron chi connectivity index (χ2n) is 6.96. The number of benzene rings is 1. The van der Waals surface area contributed by atoms with Gasteiger partial charge in [-0.3, -0.25) is 4.79 Å². The highest BCUT2D eigenvalue weighted by Gasteiger charge is 2.21. The van der Waals surface area contributed by atoms with E-state index in [1.165, 1.54) is 5.56 Å². The first-order valence-corrected chi connectivity index (χ1v) is 10.6. The van der Waals surface area contributed by atoms with Gasteiger partial charge in [0.25, 0.3) is 0 Å². The molecule has 0 bridgehead atoms. The van der Waals surface area contributed by atoms with Gasteiger partial charge >= 0.3 is 0 Å². The van der Waals surface area contributed by atoms with Crippen LogP contribution in [0, 0.1) is 6.92 Å². The van der Waals surface area contributed by atoms with E-state index < -0.39 is 0 Å². The van der Waals surface area contributed by atoms with Gasteiger partial charge in [-0.2, -0.15) is 0 Å². The Labute approximate surface area is 175 Å². The Bertz CT molecular complexity index is 807. The number of nitrogens with zero attached hydrogens (tertiary/aromatic N) is 4. The van der Waals surface area contributed by atoms with Gasteiger partial charge in [0.2, 0.25) is 5.91 Å². The summed E-state index contributed by atoms with van der Waals surface area (Å²) in [7, 11) is 0. The number of aromatic nitrogens is 2. The van der Waals surface area contributed by atoms with Crippen molar-refractivity contribution in [3.63, 3.8) is 0 Å². The zero-order chi connectivity index (χ0) is 19.9. The number of aryl methyl sites for hydroxylation is 2. The van der Waals surface area contributed by atoms with Crippen LogP contribution in [0.4, 0.5) is 5.82 Å². The van der Waals surface area contributed by atoms with Gasteiger partial charge in [0.05, 0.1) is 11.1 Å². The first-order valence-electron chi connectivity index (χ1n) is 9.79. The molecule has 0 unspecified atom stereocenters. The number of carbonyl (C=O) groups is 1. The molecule has 1 saturated heterocycles. The summed E-state index contributed by atoms with van der Waals surface area (Å²) in [6.07, 6.45) is 3.82. The second-order valence-corrected chi connectivity index (χ2v) is 7.81. The predicted molar refractivity (Wildman–Crippen MR) is 114 cm³/mol. The Kier molecular flexibility index (Phi) is 7.25. The van der Waals surface area contributed by atoms with Gasteiger partial charge in [-0.1, -0.05) is 13.0 Å². The third-order valence-electron chi connectivity index (χ3n) is 4.94. The number of carbonyl (C=O) groups excluding carboxylic acids is 1. The van der Waals surface area contributed by atoms with Crippen molar-refractivity contribution in [2.75, 3.05) is 37.7 Å². The van der Waals surface area contributed by atoms with Crippen molar-refractivity contribution in [1.29, 1.82) is 0 Å². The Morgan fingerprint density at radius 3 is 2.64 bits per heavy atom. The molecular weight excluding hydrogens is 420 g/mol. The van der Waals surface area contributed by atoms with Crippen molar-refractivity contribution in [2.45, 2.75) is 33.1 Å². The first kappa shape index (κ1) is 20.6. The Balaban J connectivity index is 1.39. The number of hydrogen-bond acceptors (Lipinski definition) is 5. The summed E-state index contributed by atoms with van der Waals surface area (Å²) in [5.74, 6) is 1.97. The molecular formula is C21H27BrN4O2. The van der Waals surface area contributed by atoms with Crippen LogP contribution in [0.3, 0.4) is 0 Å². The SMILES string of the molecule is CCc1ccc(OCCCC(=O)N2CCN(c3cc(C)ncn3)CC2)c(Br)c1. The summed E-state index contributed by atoms with van der Waals surface area (Å²) in [5, 5.41) is 0. The largest absolute Gasteiger partial charge is 0.492 e. The molecule has 0 spiro atoms. The van der Waals surface area contributed by atoms with E-state index in [0.29, 0.717) is 19.4 Å². The highest BCUT2D eigenvalue weighted by molar-refractivity contribution is 9.10. The summed E-state index contributed by atoms with van der Waals surface area (Å²) in [6, 6.07) is 8.13. The monoisotopic (exact) mass is 446 g/mol. The summed E-state index contributed by atoms with van der Waals surface area (Å²) >= 11 is 3.55. The van der Waals surface area contributed by atoms with Crippen LogP contribution in [-0.2, 0) is 11.2 Å². The normalized spacial score (nSPS) is 14.2. The fourth-order valence-corrected chi connectivity index (χ4v) is 3.78. The lowest BCUT2D eigenvalue weighted by molar-refractivity contribution is -0.131. The lowest BCUT2D eigenvalue weighted by Gasteiger charge is -2.35. The van der Waals surface area contributed by atoms with Gasteiger partial charge in [-0.05, 0) is 53.4 Å². The van der Waals surface area contributed by atoms with Crippen LogP contribution < -0.4 is 9.64 Å². The summed E-state index contributed by atoms with van der Waals surface area (Å²) in [4.78, 5) is 25.1. The third-order valence-corrected chi connectivity index (χ3v) is 5.56. The van der Waals surface area contributed by atoms with Crippen molar-refractivity contribution < 1.29 is 9.53 Å². The van der Waals surface area contributed by atoms with E-state index in [1.807, 2.05) is 24.0 Å². The van der Waals surface area contributed by atoms with Gasteiger partial charge in [0, 0.05) is 44.4 Å². The van der Waals surface area contributed by atoms with Crippen LogP contribution in [-0.4, -0.2) is 53.6 Å². The molecule has 1 aromatic heterocycles.